The molecule has 0 aliphatic rings. The van der Waals surface area contributed by atoms with Gasteiger partial charge in [0.2, 0.25) is 0 Å². The molecular weight excluding hydrogens is 244 g/mol. The van der Waals surface area contributed by atoms with Gasteiger partial charge in [-0.1, -0.05) is 20.3 Å². The van der Waals surface area contributed by atoms with E-state index in [-0.39, 0.29) is 5.92 Å². The molecule has 1 aromatic carbocycles. The number of aliphatic hydroxyl groups is 1. The van der Waals surface area contributed by atoms with Gasteiger partial charge in [0.1, 0.15) is 5.75 Å². The minimum atomic E-state index is -0.574. The molecule has 0 fully saturated rings. The summed E-state index contributed by atoms with van der Waals surface area (Å²) in [4.78, 5) is 0. The topological polar surface area (TPSA) is 47.9 Å². The Morgan fingerprint density at radius 2 is 1.53 bits per heavy atom. The van der Waals surface area contributed by atoms with Crippen LogP contribution in [-0.2, 0) is 0 Å². The highest BCUT2D eigenvalue weighted by molar-refractivity contribution is 5.51. The lowest BCUT2D eigenvalue weighted by Crippen LogP contribution is -2.11. The maximum absolute atomic E-state index is 10.4. The van der Waals surface area contributed by atoms with Gasteiger partial charge in [0, 0.05) is 11.6 Å². The Balaban J connectivity index is 3.17. The van der Waals surface area contributed by atoms with Crippen LogP contribution in [0.3, 0.4) is 0 Å². The van der Waals surface area contributed by atoms with Gasteiger partial charge in [0.25, 0.3) is 0 Å². The lowest BCUT2D eigenvalue weighted by molar-refractivity contribution is 0.109. The Morgan fingerprint density at radius 3 is 2.00 bits per heavy atom. The zero-order chi connectivity index (χ0) is 14.4. The van der Waals surface area contributed by atoms with Crippen LogP contribution in [-0.4, -0.2) is 26.4 Å². The molecule has 1 N–H and O–H groups in total. The standard InChI is InChI=1S/C15H24O4/c1-6-7-10(2)15(16)11-8-13(18-4)14(19-5)9-12(11)17-3/h8-10,15-16H,6-7H2,1-5H3. The molecule has 1 rings (SSSR count). The molecule has 4 nitrogen and oxygen atoms in total. The van der Waals surface area contributed by atoms with E-state index < -0.39 is 6.10 Å². The summed E-state index contributed by atoms with van der Waals surface area (Å²) in [6.45, 7) is 4.14. The molecule has 19 heavy (non-hydrogen) atoms. The normalized spacial score (nSPS) is 13.8. The molecule has 0 aromatic heterocycles. The van der Waals surface area contributed by atoms with E-state index in [1.807, 2.05) is 6.92 Å². The fourth-order valence-electron chi connectivity index (χ4n) is 2.20. The van der Waals surface area contributed by atoms with Crippen molar-refractivity contribution in [2.45, 2.75) is 32.8 Å². The fourth-order valence-corrected chi connectivity index (χ4v) is 2.20. The quantitative estimate of drug-likeness (QED) is 0.825. The molecule has 0 aliphatic carbocycles. The van der Waals surface area contributed by atoms with Crippen LogP contribution in [0, 0.1) is 5.92 Å². The molecule has 108 valence electrons. The zero-order valence-electron chi connectivity index (χ0n) is 12.4. The number of hydrogen-bond donors (Lipinski definition) is 1. The van der Waals surface area contributed by atoms with E-state index in [1.54, 1.807) is 33.5 Å². The van der Waals surface area contributed by atoms with Gasteiger partial charge in [-0.2, -0.15) is 0 Å². The molecule has 0 saturated heterocycles. The molecule has 0 bridgehead atoms. The minimum absolute atomic E-state index is 0.164. The molecule has 2 atom stereocenters. The van der Waals surface area contributed by atoms with Crippen molar-refractivity contribution in [1.29, 1.82) is 0 Å². The van der Waals surface area contributed by atoms with E-state index in [1.165, 1.54) is 0 Å². The van der Waals surface area contributed by atoms with Crippen LogP contribution < -0.4 is 14.2 Å². The summed E-state index contributed by atoms with van der Waals surface area (Å²) in [5.41, 5.74) is 0.737. The summed E-state index contributed by atoms with van der Waals surface area (Å²) in [5.74, 6) is 1.98. The van der Waals surface area contributed by atoms with E-state index in [0.717, 1.165) is 18.4 Å². The number of hydrogen-bond acceptors (Lipinski definition) is 4. The van der Waals surface area contributed by atoms with Gasteiger partial charge < -0.3 is 19.3 Å². The number of rotatable bonds is 7. The second kappa shape index (κ2) is 7.24. The molecule has 0 spiro atoms. The average Bonchev–Trinajstić information content (AvgIpc) is 2.45. The van der Waals surface area contributed by atoms with E-state index >= 15 is 0 Å². The third kappa shape index (κ3) is 3.53. The van der Waals surface area contributed by atoms with Gasteiger partial charge >= 0.3 is 0 Å². The lowest BCUT2D eigenvalue weighted by atomic mass is 9.92. The van der Waals surface area contributed by atoms with E-state index in [9.17, 15) is 5.11 Å². The molecule has 0 amide bonds. The minimum Gasteiger partial charge on any atom is -0.496 e. The van der Waals surface area contributed by atoms with E-state index in [2.05, 4.69) is 6.92 Å². The Hall–Kier alpha value is -1.42. The summed E-state index contributed by atoms with van der Waals surface area (Å²) >= 11 is 0. The SMILES string of the molecule is CCCC(C)C(O)c1cc(OC)c(OC)cc1OC. The summed E-state index contributed by atoms with van der Waals surface area (Å²) in [6, 6.07) is 3.53. The zero-order valence-corrected chi connectivity index (χ0v) is 12.4. The predicted octanol–water partition coefficient (Wildman–Crippen LogP) is 3.18. The summed E-state index contributed by atoms with van der Waals surface area (Å²) in [6.07, 6.45) is 1.42. The van der Waals surface area contributed by atoms with Crippen molar-refractivity contribution in [2.24, 2.45) is 5.92 Å². The van der Waals surface area contributed by atoms with Gasteiger partial charge in [-0.15, -0.1) is 0 Å². The second-order valence-corrected chi connectivity index (χ2v) is 4.66. The van der Waals surface area contributed by atoms with Crippen molar-refractivity contribution in [1.82, 2.24) is 0 Å². The first-order valence-electron chi connectivity index (χ1n) is 6.56. The second-order valence-electron chi connectivity index (χ2n) is 4.66. The van der Waals surface area contributed by atoms with Crippen LogP contribution >= 0.6 is 0 Å². The number of aliphatic hydroxyl groups excluding tert-OH is 1. The Morgan fingerprint density at radius 1 is 1.00 bits per heavy atom. The van der Waals surface area contributed by atoms with Crippen LogP contribution in [0.15, 0.2) is 12.1 Å². The average molecular weight is 268 g/mol. The van der Waals surface area contributed by atoms with Crippen molar-refractivity contribution < 1.29 is 19.3 Å². The molecule has 0 saturated carbocycles. The van der Waals surface area contributed by atoms with Crippen LogP contribution in [0.1, 0.15) is 38.4 Å². The Labute approximate surface area is 115 Å². The molecule has 0 radical (unpaired) electrons. The van der Waals surface area contributed by atoms with Crippen molar-refractivity contribution in [2.75, 3.05) is 21.3 Å². The van der Waals surface area contributed by atoms with Crippen molar-refractivity contribution >= 4 is 0 Å². The highest BCUT2D eigenvalue weighted by Gasteiger charge is 2.22. The number of methoxy groups -OCH3 is 3. The molecular formula is C15H24O4. The van der Waals surface area contributed by atoms with Gasteiger partial charge in [0.05, 0.1) is 27.4 Å². The molecule has 2 unspecified atom stereocenters. The van der Waals surface area contributed by atoms with Gasteiger partial charge in [-0.05, 0) is 18.4 Å². The van der Waals surface area contributed by atoms with Crippen molar-refractivity contribution in [3.05, 3.63) is 17.7 Å². The third-order valence-corrected chi connectivity index (χ3v) is 3.34. The monoisotopic (exact) mass is 268 g/mol. The number of benzene rings is 1. The highest BCUT2D eigenvalue weighted by atomic mass is 16.5. The first kappa shape index (κ1) is 15.6. The van der Waals surface area contributed by atoms with Gasteiger partial charge in [-0.25, -0.2) is 0 Å². The molecule has 1 aromatic rings. The summed E-state index contributed by atoms with van der Waals surface area (Å²) < 4.78 is 15.9. The van der Waals surface area contributed by atoms with Crippen LogP contribution in [0.25, 0.3) is 0 Å². The predicted molar refractivity (Wildman–Crippen MR) is 75.1 cm³/mol. The Kier molecular flexibility index (Phi) is 5.96. The summed E-state index contributed by atoms with van der Waals surface area (Å²) in [5, 5.41) is 10.4. The highest BCUT2D eigenvalue weighted by Crippen LogP contribution is 2.40. The van der Waals surface area contributed by atoms with Gasteiger partial charge in [0.15, 0.2) is 11.5 Å². The maximum atomic E-state index is 10.4. The fraction of sp³-hybridized carbons (Fsp3) is 0.600. The Bertz CT molecular complexity index is 403. The van der Waals surface area contributed by atoms with E-state index in [4.69, 9.17) is 14.2 Å². The summed E-state index contributed by atoms with van der Waals surface area (Å²) in [7, 11) is 4.74. The van der Waals surface area contributed by atoms with E-state index in [0.29, 0.717) is 17.2 Å². The maximum Gasteiger partial charge on any atom is 0.164 e. The first-order chi connectivity index (χ1) is 9.08. The smallest absolute Gasteiger partial charge is 0.164 e. The molecule has 4 heteroatoms. The van der Waals surface area contributed by atoms with Gasteiger partial charge in [-0.3, -0.25) is 0 Å². The largest absolute Gasteiger partial charge is 0.496 e. The number of ether oxygens (including phenoxy) is 3. The van der Waals surface area contributed by atoms with Crippen LogP contribution in [0.4, 0.5) is 0 Å². The van der Waals surface area contributed by atoms with Crippen LogP contribution in [0.5, 0.6) is 17.2 Å². The molecule has 0 aliphatic heterocycles. The van der Waals surface area contributed by atoms with Crippen molar-refractivity contribution in [3.63, 3.8) is 0 Å². The lowest BCUT2D eigenvalue weighted by Gasteiger charge is -2.22. The molecule has 0 heterocycles. The first-order valence-corrected chi connectivity index (χ1v) is 6.56. The van der Waals surface area contributed by atoms with Crippen LogP contribution in [0.2, 0.25) is 0 Å². The third-order valence-electron chi connectivity index (χ3n) is 3.34. The van der Waals surface area contributed by atoms with Crippen molar-refractivity contribution in [3.8, 4) is 17.2 Å².